The van der Waals surface area contributed by atoms with Crippen LogP contribution in [0.3, 0.4) is 0 Å². The van der Waals surface area contributed by atoms with Gasteiger partial charge in [0.15, 0.2) is 0 Å². The van der Waals surface area contributed by atoms with Crippen molar-refractivity contribution in [2.45, 2.75) is 6.92 Å². The highest BCUT2D eigenvalue weighted by Crippen LogP contribution is 2.27. The van der Waals surface area contributed by atoms with Gasteiger partial charge in [-0.15, -0.1) is 0 Å². The maximum atomic E-state index is 13.0. The number of anilines is 1. The minimum Gasteiger partial charge on any atom is -0.321 e. The molecule has 4 heteroatoms. The Morgan fingerprint density at radius 2 is 1.70 bits per heavy atom. The van der Waals surface area contributed by atoms with Crippen LogP contribution in [0.4, 0.5) is 5.69 Å². The normalized spacial score (nSPS) is 10.7. The van der Waals surface area contributed by atoms with Crippen LogP contribution < -0.4 is 5.32 Å². The third-order valence-electron chi connectivity index (χ3n) is 4.40. The van der Waals surface area contributed by atoms with E-state index in [9.17, 15) is 4.79 Å². The Morgan fingerprint density at radius 3 is 2.52 bits per heavy atom. The van der Waals surface area contributed by atoms with Gasteiger partial charge < -0.3 is 5.32 Å². The van der Waals surface area contributed by atoms with Crippen molar-refractivity contribution in [3.63, 3.8) is 0 Å². The van der Waals surface area contributed by atoms with Gasteiger partial charge >= 0.3 is 0 Å². The van der Waals surface area contributed by atoms with E-state index in [0.717, 1.165) is 27.7 Å². The fourth-order valence-corrected chi connectivity index (χ4v) is 3.25. The molecule has 1 heterocycles. The molecule has 0 saturated heterocycles. The highest BCUT2D eigenvalue weighted by atomic mass is 35.5. The molecule has 0 fully saturated rings. The Morgan fingerprint density at radius 1 is 0.926 bits per heavy atom. The SMILES string of the molecule is Cc1cccc(-c2cc(C(=O)Nc3ccccc3Cl)c3ccccc3n2)c1. The van der Waals surface area contributed by atoms with Crippen molar-refractivity contribution in [3.05, 3.63) is 95.0 Å². The molecule has 0 aliphatic carbocycles. The van der Waals surface area contributed by atoms with Gasteiger partial charge in [0, 0.05) is 10.9 Å². The molecular formula is C23H17ClN2O. The first-order chi connectivity index (χ1) is 13.1. The summed E-state index contributed by atoms with van der Waals surface area (Å²) in [7, 11) is 0. The Hall–Kier alpha value is -3.17. The van der Waals surface area contributed by atoms with Crippen LogP contribution in [0, 0.1) is 6.92 Å². The number of rotatable bonds is 3. The van der Waals surface area contributed by atoms with E-state index in [2.05, 4.69) is 11.4 Å². The molecule has 3 nitrogen and oxygen atoms in total. The molecule has 0 atom stereocenters. The molecular weight excluding hydrogens is 356 g/mol. The summed E-state index contributed by atoms with van der Waals surface area (Å²) in [6.07, 6.45) is 0. The van der Waals surface area contributed by atoms with Crippen LogP contribution >= 0.6 is 11.6 Å². The lowest BCUT2D eigenvalue weighted by atomic mass is 10.0. The van der Waals surface area contributed by atoms with Gasteiger partial charge in [-0.3, -0.25) is 4.79 Å². The van der Waals surface area contributed by atoms with Crippen molar-refractivity contribution in [3.8, 4) is 11.3 Å². The monoisotopic (exact) mass is 372 g/mol. The molecule has 0 bridgehead atoms. The van der Waals surface area contributed by atoms with Crippen LogP contribution in [-0.4, -0.2) is 10.9 Å². The molecule has 0 aliphatic rings. The van der Waals surface area contributed by atoms with E-state index in [1.807, 2.05) is 67.6 Å². The number of hydrogen-bond donors (Lipinski definition) is 1. The summed E-state index contributed by atoms with van der Waals surface area (Å²) in [6, 6.07) is 24.8. The van der Waals surface area contributed by atoms with Crippen molar-refractivity contribution in [1.82, 2.24) is 4.98 Å². The van der Waals surface area contributed by atoms with E-state index in [0.29, 0.717) is 16.3 Å². The fraction of sp³-hybridized carbons (Fsp3) is 0.0435. The number of carbonyl (C=O) groups is 1. The third kappa shape index (κ3) is 3.55. The number of amides is 1. The summed E-state index contributed by atoms with van der Waals surface area (Å²) in [5.41, 5.74) is 4.82. The van der Waals surface area contributed by atoms with Gasteiger partial charge in [0.05, 0.1) is 27.5 Å². The average Bonchev–Trinajstić information content (AvgIpc) is 2.69. The first-order valence-electron chi connectivity index (χ1n) is 8.64. The number of hydrogen-bond acceptors (Lipinski definition) is 2. The Bertz CT molecular complexity index is 1150. The second-order valence-corrected chi connectivity index (χ2v) is 6.78. The van der Waals surface area contributed by atoms with Crippen LogP contribution in [0.1, 0.15) is 15.9 Å². The zero-order valence-electron chi connectivity index (χ0n) is 14.7. The lowest BCUT2D eigenvalue weighted by Gasteiger charge is -2.12. The van der Waals surface area contributed by atoms with Crippen LogP contribution in [0.5, 0.6) is 0 Å². The van der Waals surface area contributed by atoms with Gasteiger partial charge in [-0.05, 0) is 37.3 Å². The number of benzene rings is 3. The number of nitrogens with zero attached hydrogens (tertiary/aromatic N) is 1. The lowest BCUT2D eigenvalue weighted by molar-refractivity contribution is 0.102. The number of aryl methyl sites for hydroxylation is 1. The maximum absolute atomic E-state index is 13.0. The zero-order valence-corrected chi connectivity index (χ0v) is 15.5. The molecule has 3 aromatic carbocycles. The number of nitrogens with one attached hydrogen (secondary N) is 1. The highest BCUT2D eigenvalue weighted by molar-refractivity contribution is 6.34. The summed E-state index contributed by atoms with van der Waals surface area (Å²) in [5, 5.41) is 4.22. The minimum atomic E-state index is -0.212. The van der Waals surface area contributed by atoms with E-state index < -0.39 is 0 Å². The van der Waals surface area contributed by atoms with E-state index in [4.69, 9.17) is 16.6 Å². The molecule has 0 spiro atoms. The summed E-state index contributed by atoms with van der Waals surface area (Å²) >= 11 is 6.19. The standard InChI is InChI=1S/C23H17ClN2O/c1-15-7-6-8-16(13-15)22-14-18(17-9-2-4-11-20(17)25-22)23(27)26-21-12-5-3-10-19(21)24/h2-14H,1H3,(H,26,27). The van der Waals surface area contributed by atoms with Gasteiger partial charge in [0.1, 0.15) is 0 Å². The van der Waals surface area contributed by atoms with E-state index in [1.165, 1.54) is 0 Å². The Labute approximate surface area is 162 Å². The first-order valence-corrected chi connectivity index (χ1v) is 9.02. The number of carbonyl (C=O) groups excluding carboxylic acids is 1. The van der Waals surface area contributed by atoms with Crippen LogP contribution in [-0.2, 0) is 0 Å². The van der Waals surface area contributed by atoms with Crippen molar-refractivity contribution >= 4 is 34.1 Å². The molecule has 0 aliphatic heterocycles. The largest absolute Gasteiger partial charge is 0.321 e. The highest BCUT2D eigenvalue weighted by Gasteiger charge is 2.15. The molecule has 1 amide bonds. The molecule has 4 rings (SSSR count). The Balaban J connectivity index is 1.83. The van der Waals surface area contributed by atoms with Crippen molar-refractivity contribution in [2.75, 3.05) is 5.32 Å². The van der Waals surface area contributed by atoms with Crippen LogP contribution in [0.15, 0.2) is 78.9 Å². The lowest BCUT2D eigenvalue weighted by Crippen LogP contribution is -2.13. The molecule has 1 N–H and O–H groups in total. The number of pyridine rings is 1. The van der Waals surface area contributed by atoms with Crippen molar-refractivity contribution in [2.24, 2.45) is 0 Å². The van der Waals surface area contributed by atoms with Crippen molar-refractivity contribution < 1.29 is 4.79 Å². The quantitative estimate of drug-likeness (QED) is 0.471. The van der Waals surface area contributed by atoms with E-state index >= 15 is 0 Å². The zero-order chi connectivity index (χ0) is 18.8. The number of para-hydroxylation sites is 2. The molecule has 1 aromatic heterocycles. The number of fused-ring (bicyclic) bond motifs is 1. The first kappa shape index (κ1) is 17.3. The van der Waals surface area contributed by atoms with Crippen molar-refractivity contribution in [1.29, 1.82) is 0 Å². The summed E-state index contributed by atoms with van der Waals surface area (Å²) in [5.74, 6) is -0.212. The van der Waals surface area contributed by atoms with E-state index in [-0.39, 0.29) is 5.91 Å². The molecule has 0 unspecified atom stereocenters. The third-order valence-corrected chi connectivity index (χ3v) is 4.73. The average molecular weight is 373 g/mol. The fourth-order valence-electron chi connectivity index (χ4n) is 3.07. The summed E-state index contributed by atoms with van der Waals surface area (Å²) in [6.45, 7) is 2.04. The molecule has 0 radical (unpaired) electrons. The van der Waals surface area contributed by atoms with Gasteiger partial charge in [-0.2, -0.15) is 0 Å². The van der Waals surface area contributed by atoms with Gasteiger partial charge in [0.25, 0.3) is 5.91 Å². The topological polar surface area (TPSA) is 42.0 Å². The molecule has 4 aromatic rings. The minimum absolute atomic E-state index is 0.212. The molecule has 132 valence electrons. The predicted molar refractivity (Wildman–Crippen MR) is 111 cm³/mol. The van der Waals surface area contributed by atoms with Gasteiger partial charge in [0.2, 0.25) is 0 Å². The van der Waals surface area contributed by atoms with Crippen LogP contribution in [0.2, 0.25) is 5.02 Å². The van der Waals surface area contributed by atoms with Gasteiger partial charge in [-0.25, -0.2) is 4.98 Å². The predicted octanol–water partition coefficient (Wildman–Crippen LogP) is 6.12. The summed E-state index contributed by atoms with van der Waals surface area (Å²) < 4.78 is 0. The molecule has 0 saturated carbocycles. The smallest absolute Gasteiger partial charge is 0.256 e. The van der Waals surface area contributed by atoms with Crippen LogP contribution in [0.25, 0.3) is 22.2 Å². The summed E-state index contributed by atoms with van der Waals surface area (Å²) in [4.78, 5) is 17.8. The second kappa shape index (κ2) is 7.22. The number of aromatic nitrogens is 1. The molecule has 27 heavy (non-hydrogen) atoms. The van der Waals surface area contributed by atoms with Gasteiger partial charge in [-0.1, -0.05) is 65.7 Å². The van der Waals surface area contributed by atoms with E-state index in [1.54, 1.807) is 12.1 Å². The Kier molecular flexibility index (Phi) is 4.61. The second-order valence-electron chi connectivity index (χ2n) is 6.38. The maximum Gasteiger partial charge on any atom is 0.256 e. The number of halogens is 1.